The Kier molecular flexibility index (Phi) is 2.87. The minimum Gasteiger partial charge on any atom is -0.338 e. The number of benzene rings is 1. The molecule has 106 valence electrons. The molecule has 1 aromatic carbocycles. The van der Waals surface area contributed by atoms with E-state index in [4.69, 9.17) is 0 Å². The number of aryl methyl sites for hydroxylation is 1. The molecular formula is C18H23NO. The molecule has 20 heavy (non-hydrogen) atoms. The van der Waals surface area contributed by atoms with Gasteiger partial charge in [0.15, 0.2) is 0 Å². The molecule has 0 N–H and O–H groups in total. The van der Waals surface area contributed by atoms with Crippen LogP contribution in [0.2, 0.25) is 0 Å². The number of hydrogen-bond donors (Lipinski definition) is 0. The number of nitrogens with zero attached hydrogens (tertiary/aromatic N) is 1. The Morgan fingerprint density at radius 2 is 1.90 bits per heavy atom. The molecule has 2 saturated carbocycles. The highest BCUT2D eigenvalue weighted by Crippen LogP contribution is 2.55. The molecule has 0 aromatic heterocycles. The van der Waals surface area contributed by atoms with Gasteiger partial charge in [-0.2, -0.15) is 0 Å². The van der Waals surface area contributed by atoms with Crippen molar-refractivity contribution in [3.05, 3.63) is 35.4 Å². The van der Waals surface area contributed by atoms with Crippen LogP contribution in [0, 0.1) is 17.8 Å². The second-order valence-corrected chi connectivity index (χ2v) is 6.98. The summed E-state index contributed by atoms with van der Waals surface area (Å²) in [5.41, 5.74) is 2.83. The fourth-order valence-corrected chi connectivity index (χ4v) is 4.49. The lowest BCUT2D eigenvalue weighted by molar-refractivity contribution is -0.136. The first-order valence-electron chi connectivity index (χ1n) is 8.08. The van der Waals surface area contributed by atoms with Gasteiger partial charge >= 0.3 is 0 Å². The van der Waals surface area contributed by atoms with Gasteiger partial charge in [-0.05, 0) is 61.5 Å². The Hall–Kier alpha value is -1.31. The average molecular weight is 269 g/mol. The Bertz CT molecular complexity index is 528. The van der Waals surface area contributed by atoms with E-state index in [2.05, 4.69) is 29.2 Å². The van der Waals surface area contributed by atoms with Gasteiger partial charge in [-0.3, -0.25) is 4.79 Å². The van der Waals surface area contributed by atoms with E-state index in [-0.39, 0.29) is 0 Å². The van der Waals surface area contributed by atoms with Crippen LogP contribution in [0.1, 0.15) is 49.3 Å². The topological polar surface area (TPSA) is 20.3 Å². The van der Waals surface area contributed by atoms with Crippen molar-refractivity contribution in [2.75, 3.05) is 7.05 Å². The predicted octanol–water partition coefficient (Wildman–Crippen LogP) is 3.57. The minimum absolute atomic E-state index is 0.310. The lowest BCUT2D eigenvalue weighted by atomic mass is 9.86. The summed E-state index contributed by atoms with van der Waals surface area (Å²) >= 11 is 0. The fourth-order valence-electron chi connectivity index (χ4n) is 4.49. The highest BCUT2D eigenvalue weighted by atomic mass is 16.2. The van der Waals surface area contributed by atoms with Gasteiger partial charge in [0.25, 0.3) is 0 Å². The lowest BCUT2D eigenvalue weighted by Gasteiger charge is -2.35. The standard InChI is InChI=1S/C18H23NO/c1-19(18(20)15-10-13-9-14(13)11-15)17-8-4-6-12-5-2-3-7-16(12)17/h2-3,5,7,13-15,17H,4,6,8-11H2,1H3. The number of hydrogen-bond acceptors (Lipinski definition) is 1. The van der Waals surface area contributed by atoms with E-state index < -0.39 is 0 Å². The molecule has 2 heteroatoms. The van der Waals surface area contributed by atoms with E-state index in [1.54, 1.807) is 0 Å². The summed E-state index contributed by atoms with van der Waals surface area (Å²) in [4.78, 5) is 14.8. The van der Waals surface area contributed by atoms with Gasteiger partial charge in [0.05, 0.1) is 6.04 Å². The third-order valence-electron chi connectivity index (χ3n) is 5.75. The molecule has 0 aliphatic heterocycles. The Balaban J connectivity index is 1.53. The van der Waals surface area contributed by atoms with Gasteiger partial charge in [0.1, 0.15) is 0 Å². The van der Waals surface area contributed by atoms with Crippen LogP contribution in [0.3, 0.4) is 0 Å². The zero-order valence-corrected chi connectivity index (χ0v) is 12.2. The summed E-state index contributed by atoms with van der Waals surface area (Å²) in [6.07, 6.45) is 7.19. The second-order valence-electron chi connectivity index (χ2n) is 6.98. The van der Waals surface area contributed by atoms with E-state index in [9.17, 15) is 4.79 Å². The zero-order chi connectivity index (χ0) is 13.7. The molecule has 1 aromatic rings. The molecule has 4 rings (SSSR count). The third kappa shape index (κ3) is 1.97. The van der Waals surface area contributed by atoms with Crippen LogP contribution in [-0.4, -0.2) is 17.9 Å². The molecule has 3 atom stereocenters. The Labute approximate surface area is 121 Å². The van der Waals surface area contributed by atoms with E-state index in [0.717, 1.165) is 31.1 Å². The maximum Gasteiger partial charge on any atom is 0.225 e. The molecule has 3 aliphatic carbocycles. The molecule has 3 unspecified atom stereocenters. The maximum atomic E-state index is 12.7. The van der Waals surface area contributed by atoms with Crippen LogP contribution in [0.25, 0.3) is 0 Å². The van der Waals surface area contributed by atoms with Crippen molar-refractivity contribution in [3.63, 3.8) is 0 Å². The smallest absolute Gasteiger partial charge is 0.225 e. The number of rotatable bonds is 2. The van der Waals surface area contributed by atoms with Gasteiger partial charge < -0.3 is 4.90 Å². The molecule has 0 saturated heterocycles. The first-order chi connectivity index (χ1) is 9.74. The van der Waals surface area contributed by atoms with Gasteiger partial charge in [-0.15, -0.1) is 0 Å². The van der Waals surface area contributed by atoms with Gasteiger partial charge in [0.2, 0.25) is 5.91 Å². The first kappa shape index (κ1) is 12.4. The van der Waals surface area contributed by atoms with Crippen molar-refractivity contribution < 1.29 is 4.79 Å². The number of carbonyl (C=O) groups is 1. The minimum atomic E-state index is 0.310. The highest BCUT2D eigenvalue weighted by molar-refractivity contribution is 5.79. The van der Waals surface area contributed by atoms with E-state index in [0.29, 0.717) is 17.9 Å². The summed E-state index contributed by atoms with van der Waals surface area (Å²) < 4.78 is 0. The Morgan fingerprint density at radius 1 is 1.15 bits per heavy atom. The van der Waals surface area contributed by atoms with Gasteiger partial charge in [-0.25, -0.2) is 0 Å². The maximum absolute atomic E-state index is 12.7. The van der Waals surface area contributed by atoms with Crippen molar-refractivity contribution in [1.29, 1.82) is 0 Å². The zero-order valence-electron chi connectivity index (χ0n) is 12.2. The fraction of sp³-hybridized carbons (Fsp3) is 0.611. The summed E-state index contributed by atoms with van der Waals surface area (Å²) in [6.45, 7) is 0. The van der Waals surface area contributed by atoms with Gasteiger partial charge in [-0.1, -0.05) is 24.3 Å². The van der Waals surface area contributed by atoms with Crippen LogP contribution in [0.5, 0.6) is 0 Å². The van der Waals surface area contributed by atoms with Crippen LogP contribution in [0.4, 0.5) is 0 Å². The van der Waals surface area contributed by atoms with Crippen LogP contribution >= 0.6 is 0 Å². The average Bonchev–Trinajstić information content (AvgIpc) is 3.11. The van der Waals surface area contributed by atoms with E-state index in [1.807, 2.05) is 7.05 Å². The second kappa shape index (κ2) is 4.61. The Morgan fingerprint density at radius 3 is 2.70 bits per heavy atom. The van der Waals surface area contributed by atoms with E-state index >= 15 is 0 Å². The van der Waals surface area contributed by atoms with E-state index in [1.165, 1.54) is 30.4 Å². The summed E-state index contributed by atoms with van der Waals surface area (Å²) in [7, 11) is 2.03. The third-order valence-corrected chi connectivity index (χ3v) is 5.75. The number of fused-ring (bicyclic) bond motifs is 2. The molecule has 2 nitrogen and oxygen atoms in total. The van der Waals surface area contributed by atoms with Crippen molar-refractivity contribution in [3.8, 4) is 0 Å². The summed E-state index contributed by atoms with van der Waals surface area (Å²) in [6, 6.07) is 8.98. The summed E-state index contributed by atoms with van der Waals surface area (Å²) in [5.74, 6) is 2.49. The SMILES string of the molecule is CN(C(=O)C1CC2CC2C1)C1CCCc2ccccc21. The molecule has 0 radical (unpaired) electrons. The van der Waals surface area contributed by atoms with Crippen LogP contribution in [-0.2, 0) is 11.2 Å². The number of carbonyl (C=O) groups excluding carboxylic acids is 1. The normalized spacial score (nSPS) is 34.2. The molecule has 0 heterocycles. The van der Waals surface area contributed by atoms with Crippen LogP contribution < -0.4 is 0 Å². The van der Waals surface area contributed by atoms with Crippen LogP contribution in [0.15, 0.2) is 24.3 Å². The van der Waals surface area contributed by atoms with Crippen molar-refractivity contribution in [2.24, 2.45) is 17.8 Å². The lowest BCUT2D eigenvalue weighted by Crippen LogP contribution is -2.37. The molecule has 0 spiro atoms. The molecule has 2 fully saturated rings. The largest absolute Gasteiger partial charge is 0.338 e. The van der Waals surface area contributed by atoms with Gasteiger partial charge in [0, 0.05) is 13.0 Å². The monoisotopic (exact) mass is 269 g/mol. The summed E-state index contributed by atoms with van der Waals surface area (Å²) in [5, 5.41) is 0. The molecular weight excluding hydrogens is 246 g/mol. The highest BCUT2D eigenvalue weighted by Gasteiger charge is 2.49. The molecule has 1 amide bonds. The first-order valence-corrected chi connectivity index (χ1v) is 8.08. The quantitative estimate of drug-likeness (QED) is 0.803. The predicted molar refractivity (Wildman–Crippen MR) is 79.2 cm³/mol. The van der Waals surface area contributed by atoms with Crippen molar-refractivity contribution >= 4 is 5.91 Å². The van der Waals surface area contributed by atoms with Crippen molar-refractivity contribution in [1.82, 2.24) is 4.90 Å². The van der Waals surface area contributed by atoms with Crippen molar-refractivity contribution in [2.45, 2.75) is 44.6 Å². The molecule has 0 bridgehead atoms. The molecule has 3 aliphatic rings. The number of amides is 1.